The van der Waals surface area contributed by atoms with Crippen LogP contribution in [0, 0.1) is 0 Å². The summed E-state index contributed by atoms with van der Waals surface area (Å²) in [5.74, 6) is 0.704. The summed E-state index contributed by atoms with van der Waals surface area (Å²) in [6, 6.07) is 16.1. The van der Waals surface area contributed by atoms with Gasteiger partial charge in [0.05, 0.1) is 0 Å². The van der Waals surface area contributed by atoms with Crippen molar-refractivity contribution in [3.05, 3.63) is 76.9 Å². The highest BCUT2D eigenvalue weighted by Crippen LogP contribution is 2.30. The number of halogens is 1. The van der Waals surface area contributed by atoms with Gasteiger partial charge in [-0.2, -0.15) is 0 Å². The van der Waals surface area contributed by atoms with Crippen LogP contribution in [0.15, 0.2) is 66.2 Å². The molecule has 32 heavy (non-hydrogen) atoms. The van der Waals surface area contributed by atoms with E-state index in [1.54, 1.807) is 41.9 Å². The highest BCUT2D eigenvalue weighted by molar-refractivity contribution is 7.80. The summed E-state index contributed by atoms with van der Waals surface area (Å²) >= 11 is 5.02. The van der Waals surface area contributed by atoms with Crippen molar-refractivity contribution in [2.24, 2.45) is 0 Å². The molecule has 0 saturated carbocycles. The van der Waals surface area contributed by atoms with Gasteiger partial charge in [-0.15, -0.1) is 11.3 Å². The lowest BCUT2D eigenvalue weighted by Crippen LogP contribution is -2.29. The van der Waals surface area contributed by atoms with Gasteiger partial charge < -0.3 is 9.29 Å². The van der Waals surface area contributed by atoms with Crippen molar-refractivity contribution in [2.45, 2.75) is 6.42 Å². The first-order valence-electron chi connectivity index (χ1n) is 9.51. The number of carbonyl (C=O) groups is 1. The minimum atomic E-state index is -2.52. The van der Waals surface area contributed by atoms with Crippen LogP contribution >= 0.6 is 22.9 Å². The van der Waals surface area contributed by atoms with Crippen LogP contribution in [0.2, 0.25) is 5.15 Å². The Hall–Kier alpha value is -2.92. The molecule has 0 N–H and O–H groups in total. The number of benzene rings is 2. The molecule has 2 heterocycles. The van der Waals surface area contributed by atoms with Crippen molar-refractivity contribution >= 4 is 56.8 Å². The summed E-state index contributed by atoms with van der Waals surface area (Å²) in [5.41, 5.74) is 1.59. The van der Waals surface area contributed by atoms with Crippen molar-refractivity contribution in [1.82, 2.24) is 9.38 Å². The maximum atomic E-state index is 12.3. The molecule has 1 amide bonds. The number of para-hydroxylation sites is 1. The van der Waals surface area contributed by atoms with Crippen molar-refractivity contribution in [1.29, 1.82) is 0 Å². The van der Waals surface area contributed by atoms with Crippen LogP contribution in [0.3, 0.4) is 0 Å². The van der Waals surface area contributed by atoms with E-state index in [2.05, 4.69) is 4.98 Å². The zero-order valence-electron chi connectivity index (χ0n) is 16.9. The number of thiazole rings is 1. The van der Waals surface area contributed by atoms with Gasteiger partial charge in [0.15, 0.2) is 15.9 Å². The third-order valence-electron chi connectivity index (χ3n) is 4.76. The molecule has 0 fully saturated rings. The number of ether oxygens (including phenoxy) is 1. The number of anilines is 2. The van der Waals surface area contributed by atoms with E-state index in [4.69, 9.17) is 16.3 Å². The summed E-state index contributed by atoms with van der Waals surface area (Å²) in [6.45, 7) is 0.176. The number of rotatable bonds is 7. The van der Waals surface area contributed by atoms with Gasteiger partial charge in [-0.25, -0.2) is 9.78 Å². The Bertz CT molecular complexity index is 1240. The predicted octanol–water partition coefficient (Wildman–Crippen LogP) is 4.53. The van der Waals surface area contributed by atoms with E-state index < -0.39 is 17.4 Å². The molecule has 166 valence electrons. The van der Waals surface area contributed by atoms with Crippen LogP contribution in [0.1, 0.15) is 5.56 Å². The lowest BCUT2D eigenvalue weighted by atomic mass is 10.1. The highest BCUT2D eigenvalue weighted by Gasteiger charge is 2.19. The smallest absolute Gasteiger partial charge is 0.419 e. The molecule has 1 unspecified atom stereocenters. The Morgan fingerprint density at radius 1 is 1.22 bits per heavy atom. The van der Waals surface area contributed by atoms with Crippen LogP contribution in [-0.2, 0) is 17.7 Å². The van der Waals surface area contributed by atoms with Crippen molar-refractivity contribution in [2.75, 3.05) is 22.8 Å². The van der Waals surface area contributed by atoms with Crippen LogP contribution in [-0.4, -0.2) is 37.8 Å². The van der Waals surface area contributed by atoms with E-state index in [1.807, 2.05) is 35.7 Å². The maximum absolute atomic E-state index is 12.3. The summed E-state index contributed by atoms with van der Waals surface area (Å²) in [7, 11) is 1.63. The standard InChI is InChI=1S/C21H19ClN4O4S2/c1-24(16-5-3-2-4-6-16)21(27)30-17-9-7-15(8-10-17)11-12-26(32(28)29)19-18(22)23-20-25(19)13-14-31-20/h2-10,13-14H,11-12H2,1H3,(H,28,29)/p-1. The normalized spacial score (nSPS) is 12.0. The fraction of sp³-hybridized carbons (Fsp3) is 0.143. The number of fused-ring (bicyclic) bond motifs is 1. The number of aromatic nitrogens is 2. The van der Waals surface area contributed by atoms with Gasteiger partial charge >= 0.3 is 6.09 Å². The van der Waals surface area contributed by atoms with E-state index in [9.17, 15) is 13.6 Å². The monoisotopic (exact) mass is 489 g/mol. The highest BCUT2D eigenvalue weighted by atomic mass is 35.5. The molecular formula is C21H18ClN4O4S2-. The zero-order valence-corrected chi connectivity index (χ0v) is 19.3. The van der Waals surface area contributed by atoms with Crippen LogP contribution < -0.4 is 13.9 Å². The van der Waals surface area contributed by atoms with Crippen LogP contribution in [0.4, 0.5) is 16.3 Å². The SMILES string of the molecule is CN(C(=O)Oc1ccc(CCN(c2c(Cl)nc3sccn23)S(=O)[O-])cc1)c1ccccc1. The minimum Gasteiger partial charge on any atom is -0.755 e. The fourth-order valence-electron chi connectivity index (χ4n) is 3.10. The second-order valence-electron chi connectivity index (χ2n) is 6.76. The molecular weight excluding hydrogens is 472 g/mol. The third-order valence-corrected chi connectivity index (χ3v) is 6.49. The number of imidazole rings is 1. The van der Waals surface area contributed by atoms with Crippen molar-refractivity contribution in [3.8, 4) is 5.75 Å². The number of amides is 1. The van der Waals surface area contributed by atoms with E-state index in [-0.39, 0.29) is 11.7 Å². The summed E-state index contributed by atoms with van der Waals surface area (Å²) in [5, 5.41) is 1.94. The van der Waals surface area contributed by atoms with E-state index >= 15 is 0 Å². The number of carbonyl (C=O) groups excluding carboxylic acids is 1. The lowest BCUT2D eigenvalue weighted by molar-refractivity contribution is 0.209. The first-order valence-corrected chi connectivity index (χ1v) is 11.8. The number of hydrogen-bond acceptors (Lipinski definition) is 6. The second-order valence-corrected chi connectivity index (χ2v) is 8.86. The quantitative estimate of drug-likeness (QED) is 0.356. The first-order chi connectivity index (χ1) is 15.4. The Labute approximate surface area is 196 Å². The number of hydrogen-bond donors (Lipinski definition) is 0. The predicted molar refractivity (Wildman–Crippen MR) is 125 cm³/mol. The molecule has 0 saturated heterocycles. The molecule has 0 bridgehead atoms. The molecule has 0 radical (unpaired) electrons. The molecule has 11 heteroatoms. The minimum absolute atomic E-state index is 0.130. The molecule has 4 rings (SSSR count). The van der Waals surface area contributed by atoms with Gasteiger partial charge in [0.2, 0.25) is 0 Å². The van der Waals surface area contributed by atoms with Gasteiger partial charge in [0.25, 0.3) is 0 Å². The molecule has 4 aromatic rings. The lowest BCUT2D eigenvalue weighted by Gasteiger charge is -2.25. The fourth-order valence-corrected chi connectivity index (χ4v) is 4.74. The van der Waals surface area contributed by atoms with E-state index in [0.717, 1.165) is 11.3 Å². The van der Waals surface area contributed by atoms with Gasteiger partial charge in [-0.1, -0.05) is 41.9 Å². The van der Waals surface area contributed by atoms with Crippen LogP contribution in [0.5, 0.6) is 5.75 Å². The van der Waals surface area contributed by atoms with Crippen molar-refractivity contribution < 1.29 is 18.3 Å². The summed E-state index contributed by atoms with van der Waals surface area (Å²) < 4.78 is 32.0. The van der Waals surface area contributed by atoms with Gasteiger partial charge in [-0.05, 0) is 36.2 Å². The molecule has 0 aliphatic heterocycles. The topological polar surface area (TPSA) is 90.2 Å². The second kappa shape index (κ2) is 9.70. The van der Waals surface area contributed by atoms with Crippen LogP contribution in [0.25, 0.3) is 4.96 Å². The average molecular weight is 490 g/mol. The number of nitrogens with zero attached hydrogens (tertiary/aromatic N) is 4. The third kappa shape index (κ3) is 4.78. The van der Waals surface area contributed by atoms with Crippen molar-refractivity contribution in [3.63, 3.8) is 0 Å². The molecule has 0 spiro atoms. The Balaban J connectivity index is 1.41. The Kier molecular flexibility index (Phi) is 6.75. The zero-order chi connectivity index (χ0) is 22.7. The molecule has 0 aliphatic carbocycles. The van der Waals surface area contributed by atoms with Gasteiger partial charge in [0.1, 0.15) is 5.75 Å². The Morgan fingerprint density at radius 2 is 1.94 bits per heavy atom. The molecule has 2 aromatic heterocycles. The molecule has 1 atom stereocenters. The Morgan fingerprint density at radius 3 is 2.62 bits per heavy atom. The van der Waals surface area contributed by atoms with Gasteiger partial charge in [-0.3, -0.25) is 17.8 Å². The van der Waals surface area contributed by atoms with Gasteiger partial charge in [0, 0.05) is 42.1 Å². The molecule has 8 nitrogen and oxygen atoms in total. The largest absolute Gasteiger partial charge is 0.755 e. The summed E-state index contributed by atoms with van der Waals surface area (Å²) in [4.78, 5) is 18.6. The molecule has 0 aliphatic rings. The summed E-state index contributed by atoms with van der Waals surface area (Å²) in [6.07, 6.45) is 1.65. The maximum Gasteiger partial charge on any atom is 0.419 e. The first kappa shape index (κ1) is 22.3. The average Bonchev–Trinajstić information content (AvgIpc) is 3.36. The molecule has 2 aromatic carbocycles. The van der Waals surface area contributed by atoms with E-state index in [1.165, 1.54) is 20.5 Å². The van der Waals surface area contributed by atoms with E-state index in [0.29, 0.717) is 22.9 Å².